The molecule has 1 unspecified atom stereocenters. The molecule has 0 heterocycles. The van der Waals surface area contributed by atoms with Gasteiger partial charge in [-0.1, -0.05) is 20.3 Å². The molecule has 1 saturated carbocycles. The molecule has 1 fully saturated rings. The van der Waals surface area contributed by atoms with Gasteiger partial charge in [-0.25, -0.2) is 0 Å². The maximum absolute atomic E-state index is 9.83. The van der Waals surface area contributed by atoms with E-state index in [9.17, 15) is 5.11 Å². The summed E-state index contributed by atoms with van der Waals surface area (Å²) in [5.74, 6) is 0.518. The van der Waals surface area contributed by atoms with Crippen LogP contribution >= 0.6 is 0 Å². The SMILES string of the molecule is CC(C)CC(O)C1(CO)CCC1. The molecule has 1 aliphatic rings. The van der Waals surface area contributed by atoms with Crippen LogP contribution in [0.25, 0.3) is 0 Å². The first-order valence-electron chi connectivity index (χ1n) is 4.89. The number of hydrogen-bond donors (Lipinski definition) is 2. The lowest BCUT2D eigenvalue weighted by Gasteiger charge is -2.44. The van der Waals surface area contributed by atoms with Crippen molar-refractivity contribution < 1.29 is 10.2 Å². The van der Waals surface area contributed by atoms with Gasteiger partial charge < -0.3 is 10.2 Å². The first-order valence-corrected chi connectivity index (χ1v) is 4.89. The van der Waals surface area contributed by atoms with Crippen LogP contribution in [0.5, 0.6) is 0 Å². The van der Waals surface area contributed by atoms with E-state index >= 15 is 0 Å². The molecule has 2 nitrogen and oxygen atoms in total. The minimum atomic E-state index is -0.295. The normalized spacial score (nSPS) is 23.8. The maximum Gasteiger partial charge on any atom is 0.0620 e. The van der Waals surface area contributed by atoms with Crippen molar-refractivity contribution in [1.29, 1.82) is 0 Å². The van der Waals surface area contributed by atoms with Gasteiger partial charge >= 0.3 is 0 Å². The van der Waals surface area contributed by atoms with E-state index in [1.54, 1.807) is 0 Å². The van der Waals surface area contributed by atoms with Crippen molar-refractivity contribution in [2.75, 3.05) is 6.61 Å². The van der Waals surface area contributed by atoms with Gasteiger partial charge in [-0.2, -0.15) is 0 Å². The van der Waals surface area contributed by atoms with Crippen LogP contribution in [0.4, 0.5) is 0 Å². The Kier molecular flexibility index (Phi) is 3.13. The van der Waals surface area contributed by atoms with Crippen molar-refractivity contribution in [2.24, 2.45) is 11.3 Å². The van der Waals surface area contributed by atoms with E-state index in [0.29, 0.717) is 5.92 Å². The zero-order chi connectivity index (χ0) is 9.19. The van der Waals surface area contributed by atoms with Gasteiger partial charge in [-0.3, -0.25) is 0 Å². The molecule has 1 aliphatic carbocycles. The van der Waals surface area contributed by atoms with E-state index in [4.69, 9.17) is 5.11 Å². The number of aliphatic hydroxyl groups is 2. The van der Waals surface area contributed by atoms with Crippen molar-refractivity contribution in [3.05, 3.63) is 0 Å². The topological polar surface area (TPSA) is 40.5 Å². The Morgan fingerprint density at radius 3 is 2.17 bits per heavy atom. The average Bonchev–Trinajstić information content (AvgIpc) is 1.83. The van der Waals surface area contributed by atoms with Crippen LogP contribution in [-0.4, -0.2) is 22.9 Å². The molecule has 72 valence electrons. The van der Waals surface area contributed by atoms with E-state index in [-0.39, 0.29) is 18.1 Å². The summed E-state index contributed by atoms with van der Waals surface area (Å²) in [6.07, 6.45) is 3.68. The Bertz CT molecular complexity index is 133. The molecule has 1 atom stereocenters. The lowest BCUT2D eigenvalue weighted by atomic mass is 9.64. The zero-order valence-corrected chi connectivity index (χ0v) is 8.08. The standard InChI is InChI=1S/C10H20O2/c1-8(2)6-9(12)10(7-11)4-3-5-10/h8-9,11-12H,3-7H2,1-2H3. The summed E-state index contributed by atoms with van der Waals surface area (Å²) in [7, 11) is 0. The highest BCUT2D eigenvalue weighted by Crippen LogP contribution is 2.45. The second kappa shape index (κ2) is 3.75. The summed E-state index contributed by atoms with van der Waals surface area (Å²) in [5.41, 5.74) is -0.135. The van der Waals surface area contributed by atoms with Gasteiger partial charge in [0, 0.05) is 5.41 Å². The molecule has 2 N–H and O–H groups in total. The van der Waals surface area contributed by atoms with Gasteiger partial charge in [0.25, 0.3) is 0 Å². The number of rotatable bonds is 4. The maximum atomic E-state index is 9.83. The summed E-state index contributed by atoms with van der Waals surface area (Å²) in [6.45, 7) is 4.36. The molecule has 0 aromatic rings. The fraction of sp³-hybridized carbons (Fsp3) is 1.00. The third kappa shape index (κ3) is 1.80. The van der Waals surface area contributed by atoms with Crippen LogP contribution in [0.15, 0.2) is 0 Å². The molecule has 0 amide bonds. The lowest BCUT2D eigenvalue weighted by Crippen LogP contribution is -2.44. The molecular formula is C10H20O2. The quantitative estimate of drug-likeness (QED) is 0.675. The summed E-state index contributed by atoms with van der Waals surface area (Å²) in [6, 6.07) is 0. The highest BCUT2D eigenvalue weighted by atomic mass is 16.3. The predicted molar refractivity (Wildman–Crippen MR) is 48.8 cm³/mol. The second-order valence-electron chi connectivity index (χ2n) is 4.52. The summed E-state index contributed by atoms with van der Waals surface area (Å²) in [4.78, 5) is 0. The molecule has 0 radical (unpaired) electrons. The van der Waals surface area contributed by atoms with Crippen LogP contribution in [0.2, 0.25) is 0 Å². The predicted octanol–water partition coefficient (Wildman–Crippen LogP) is 1.56. The number of hydrogen-bond acceptors (Lipinski definition) is 2. The first kappa shape index (κ1) is 10.0. The molecule has 0 aromatic carbocycles. The fourth-order valence-electron chi connectivity index (χ4n) is 1.92. The molecule has 12 heavy (non-hydrogen) atoms. The van der Waals surface area contributed by atoms with E-state index in [2.05, 4.69) is 13.8 Å². The van der Waals surface area contributed by atoms with Crippen LogP contribution in [0.1, 0.15) is 39.5 Å². The molecule has 0 aliphatic heterocycles. The second-order valence-corrected chi connectivity index (χ2v) is 4.52. The summed E-state index contributed by atoms with van der Waals surface area (Å²) >= 11 is 0. The molecular weight excluding hydrogens is 152 g/mol. The van der Waals surface area contributed by atoms with Gasteiger partial charge in [-0.05, 0) is 25.2 Å². The largest absolute Gasteiger partial charge is 0.396 e. The molecule has 0 saturated heterocycles. The van der Waals surface area contributed by atoms with E-state index < -0.39 is 0 Å². The van der Waals surface area contributed by atoms with Crippen molar-refractivity contribution in [1.82, 2.24) is 0 Å². The Morgan fingerprint density at radius 2 is 1.92 bits per heavy atom. The number of aliphatic hydroxyl groups excluding tert-OH is 2. The highest BCUT2D eigenvalue weighted by molar-refractivity contribution is 4.93. The fourth-order valence-corrected chi connectivity index (χ4v) is 1.92. The summed E-state index contributed by atoms with van der Waals surface area (Å²) in [5, 5.41) is 19.0. The van der Waals surface area contributed by atoms with Crippen LogP contribution in [-0.2, 0) is 0 Å². The van der Waals surface area contributed by atoms with Gasteiger partial charge in [0.2, 0.25) is 0 Å². The molecule has 0 aromatic heterocycles. The van der Waals surface area contributed by atoms with E-state index in [1.165, 1.54) is 0 Å². The Morgan fingerprint density at radius 1 is 1.33 bits per heavy atom. The van der Waals surface area contributed by atoms with Crippen LogP contribution in [0, 0.1) is 11.3 Å². The van der Waals surface area contributed by atoms with E-state index in [1.807, 2.05) is 0 Å². The monoisotopic (exact) mass is 172 g/mol. The minimum Gasteiger partial charge on any atom is -0.396 e. The van der Waals surface area contributed by atoms with Crippen molar-refractivity contribution in [3.63, 3.8) is 0 Å². The van der Waals surface area contributed by atoms with Gasteiger partial charge in [-0.15, -0.1) is 0 Å². The third-order valence-electron chi connectivity index (χ3n) is 3.07. The smallest absolute Gasteiger partial charge is 0.0620 e. The Labute approximate surface area is 74.6 Å². The zero-order valence-electron chi connectivity index (χ0n) is 8.08. The summed E-state index contributed by atoms with van der Waals surface area (Å²) < 4.78 is 0. The Hall–Kier alpha value is -0.0800. The first-order chi connectivity index (χ1) is 5.60. The molecule has 1 rings (SSSR count). The molecule has 0 spiro atoms. The lowest BCUT2D eigenvalue weighted by molar-refractivity contribution is -0.0789. The van der Waals surface area contributed by atoms with Gasteiger partial charge in [0.1, 0.15) is 0 Å². The van der Waals surface area contributed by atoms with Crippen molar-refractivity contribution >= 4 is 0 Å². The highest BCUT2D eigenvalue weighted by Gasteiger charge is 2.42. The van der Waals surface area contributed by atoms with Crippen LogP contribution < -0.4 is 0 Å². The average molecular weight is 172 g/mol. The Balaban J connectivity index is 2.43. The van der Waals surface area contributed by atoms with Crippen molar-refractivity contribution in [2.45, 2.75) is 45.6 Å². The van der Waals surface area contributed by atoms with Crippen LogP contribution in [0.3, 0.4) is 0 Å². The molecule has 2 heteroatoms. The van der Waals surface area contributed by atoms with Gasteiger partial charge in [0.05, 0.1) is 12.7 Å². The van der Waals surface area contributed by atoms with Gasteiger partial charge in [0.15, 0.2) is 0 Å². The minimum absolute atomic E-state index is 0.135. The third-order valence-corrected chi connectivity index (χ3v) is 3.07. The molecule has 0 bridgehead atoms. The van der Waals surface area contributed by atoms with Crippen molar-refractivity contribution in [3.8, 4) is 0 Å². The van der Waals surface area contributed by atoms with E-state index in [0.717, 1.165) is 25.7 Å².